The summed E-state index contributed by atoms with van der Waals surface area (Å²) in [5.74, 6) is -0.251. The second-order valence-electron chi connectivity index (χ2n) is 5.74. The lowest BCUT2D eigenvalue weighted by atomic mass is 10.1. The Hall–Kier alpha value is -2.19. The molecule has 1 atom stereocenters. The number of nitrogens with zero attached hydrogens (tertiary/aromatic N) is 2. The van der Waals surface area contributed by atoms with Gasteiger partial charge in [-0.2, -0.15) is 5.10 Å². The Bertz CT molecular complexity index is 813. The lowest BCUT2D eigenvalue weighted by Crippen LogP contribution is -2.29. The van der Waals surface area contributed by atoms with E-state index in [1.54, 1.807) is 10.9 Å². The van der Waals surface area contributed by atoms with Crippen molar-refractivity contribution in [3.8, 4) is 0 Å². The Morgan fingerprint density at radius 1 is 1.20 bits per heavy atom. The lowest BCUT2D eigenvalue weighted by molar-refractivity contribution is 0.0934. The number of rotatable bonds is 8. The van der Waals surface area contributed by atoms with E-state index in [1.165, 1.54) is 24.3 Å². The van der Waals surface area contributed by atoms with Gasteiger partial charge in [0.25, 0.3) is 5.91 Å². The van der Waals surface area contributed by atoms with Crippen molar-refractivity contribution < 1.29 is 13.2 Å². The first kappa shape index (κ1) is 19.1. The molecule has 1 aromatic carbocycles. The molecule has 8 heteroatoms. The summed E-state index contributed by atoms with van der Waals surface area (Å²) >= 11 is 0. The van der Waals surface area contributed by atoms with E-state index >= 15 is 0 Å². The number of carbonyl (C=O) groups excluding carboxylic acids is 1. The first-order valence-corrected chi connectivity index (χ1v) is 9.75. The van der Waals surface area contributed by atoms with Gasteiger partial charge in [-0.25, -0.2) is 13.1 Å². The van der Waals surface area contributed by atoms with Gasteiger partial charge in [-0.15, -0.1) is 0 Å². The molecule has 0 aliphatic rings. The zero-order valence-electron chi connectivity index (χ0n) is 14.7. The second-order valence-corrected chi connectivity index (χ2v) is 7.50. The SMILES string of the molecule is CCCNS(=O)(=O)c1ccc(C(=O)NC(CC)c2ccnn2C)cc1. The molecule has 0 saturated heterocycles. The molecule has 0 fully saturated rings. The third-order valence-electron chi connectivity index (χ3n) is 3.90. The van der Waals surface area contributed by atoms with Crippen LogP contribution in [0.3, 0.4) is 0 Å². The molecule has 1 unspecified atom stereocenters. The molecule has 2 aromatic rings. The van der Waals surface area contributed by atoms with E-state index in [0.717, 1.165) is 12.1 Å². The minimum atomic E-state index is -3.53. The van der Waals surface area contributed by atoms with Crippen LogP contribution in [0.15, 0.2) is 41.4 Å². The molecule has 1 amide bonds. The number of aromatic nitrogens is 2. The van der Waals surface area contributed by atoms with Crippen LogP contribution in [0, 0.1) is 0 Å². The Balaban J connectivity index is 2.11. The Labute approximate surface area is 148 Å². The van der Waals surface area contributed by atoms with Gasteiger partial charge in [0.15, 0.2) is 0 Å². The summed E-state index contributed by atoms with van der Waals surface area (Å²) in [5.41, 5.74) is 1.33. The molecule has 0 aliphatic carbocycles. The molecule has 2 rings (SSSR count). The van der Waals surface area contributed by atoms with Crippen molar-refractivity contribution in [2.24, 2.45) is 7.05 Å². The van der Waals surface area contributed by atoms with Gasteiger partial charge in [0.2, 0.25) is 10.0 Å². The number of sulfonamides is 1. The number of carbonyl (C=O) groups is 1. The smallest absolute Gasteiger partial charge is 0.251 e. The summed E-state index contributed by atoms with van der Waals surface area (Å²) in [6, 6.07) is 7.63. The summed E-state index contributed by atoms with van der Waals surface area (Å²) in [7, 11) is -1.70. The summed E-state index contributed by atoms with van der Waals surface area (Å²) < 4.78 is 28.4. The minimum Gasteiger partial charge on any atom is -0.344 e. The van der Waals surface area contributed by atoms with Crippen molar-refractivity contribution in [1.29, 1.82) is 0 Å². The Morgan fingerprint density at radius 3 is 2.40 bits per heavy atom. The van der Waals surface area contributed by atoms with Crippen molar-refractivity contribution in [3.63, 3.8) is 0 Å². The van der Waals surface area contributed by atoms with Crippen LogP contribution >= 0.6 is 0 Å². The van der Waals surface area contributed by atoms with Crippen LogP contribution in [0.4, 0.5) is 0 Å². The van der Waals surface area contributed by atoms with E-state index in [9.17, 15) is 13.2 Å². The largest absolute Gasteiger partial charge is 0.344 e. The van der Waals surface area contributed by atoms with Gasteiger partial charge in [0, 0.05) is 25.4 Å². The monoisotopic (exact) mass is 364 g/mol. The van der Waals surface area contributed by atoms with Crippen molar-refractivity contribution in [3.05, 3.63) is 47.8 Å². The number of hydrogen-bond donors (Lipinski definition) is 2. The third kappa shape index (κ3) is 4.67. The predicted octanol–water partition coefficient (Wildman–Crippen LogP) is 1.99. The summed E-state index contributed by atoms with van der Waals surface area (Å²) in [4.78, 5) is 12.6. The van der Waals surface area contributed by atoms with Crippen molar-refractivity contribution in [1.82, 2.24) is 19.8 Å². The van der Waals surface area contributed by atoms with Crippen molar-refractivity contribution in [2.75, 3.05) is 6.54 Å². The molecule has 1 heterocycles. The van der Waals surface area contributed by atoms with Crippen LogP contribution < -0.4 is 10.0 Å². The van der Waals surface area contributed by atoms with Crippen LogP contribution in [-0.4, -0.2) is 30.7 Å². The molecule has 1 aromatic heterocycles. The van der Waals surface area contributed by atoms with E-state index in [4.69, 9.17) is 0 Å². The van der Waals surface area contributed by atoms with Gasteiger partial charge >= 0.3 is 0 Å². The lowest BCUT2D eigenvalue weighted by Gasteiger charge is -2.17. The van der Waals surface area contributed by atoms with E-state index in [0.29, 0.717) is 18.5 Å². The topological polar surface area (TPSA) is 93.1 Å². The number of hydrogen-bond acceptors (Lipinski definition) is 4. The van der Waals surface area contributed by atoms with Gasteiger partial charge in [0.1, 0.15) is 0 Å². The number of amides is 1. The predicted molar refractivity (Wildman–Crippen MR) is 95.6 cm³/mol. The first-order chi connectivity index (χ1) is 11.9. The molecular formula is C17H24N4O3S. The van der Waals surface area contributed by atoms with Crippen LogP contribution in [0.5, 0.6) is 0 Å². The third-order valence-corrected chi connectivity index (χ3v) is 5.38. The average molecular weight is 364 g/mol. The van der Waals surface area contributed by atoms with Gasteiger partial charge in [-0.05, 0) is 43.2 Å². The minimum absolute atomic E-state index is 0.149. The maximum Gasteiger partial charge on any atom is 0.251 e. The molecule has 0 bridgehead atoms. The van der Waals surface area contributed by atoms with E-state index in [-0.39, 0.29) is 16.8 Å². The van der Waals surface area contributed by atoms with Crippen LogP contribution in [0.25, 0.3) is 0 Å². The Morgan fingerprint density at radius 2 is 1.88 bits per heavy atom. The average Bonchev–Trinajstić information content (AvgIpc) is 3.03. The zero-order chi connectivity index (χ0) is 18.4. The highest BCUT2D eigenvalue weighted by molar-refractivity contribution is 7.89. The molecule has 0 saturated carbocycles. The van der Waals surface area contributed by atoms with Gasteiger partial charge in [-0.3, -0.25) is 9.48 Å². The van der Waals surface area contributed by atoms with Gasteiger partial charge in [-0.1, -0.05) is 13.8 Å². The molecule has 2 N–H and O–H groups in total. The van der Waals surface area contributed by atoms with Crippen LogP contribution in [-0.2, 0) is 17.1 Å². The molecule has 136 valence electrons. The van der Waals surface area contributed by atoms with Crippen molar-refractivity contribution >= 4 is 15.9 Å². The van der Waals surface area contributed by atoms with Gasteiger partial charge in [0.05, 0.1) is 16.6 Å². The van der Waals surface area contributed by atoms with E-state index in [1.807, 2.05) is 27.0 Å². The second kappa shape index (κ2) is 8.26. The van der Waals surface area contributed by atoms with Crippen LogP contribution in [0.2, 0.25) is 0 Å². The normalized spacial score (nSPS) is 12.8. The number of aryl methyl sites for hydroxylation is 1. The molecule has 0 radical (unpaired) electrons. The summed E-state index contributed by atoms with van der Waals surface area (Å²) in [6.45, 7) is 4.25. The standard InChI is InChI=1S/C17H24N4O3S/c1-4-11-19-25(23,24)14-8-6-13(7-9-14)17(22)20-15(5-2)16-10-12-18-21(16)3/h6-10,12,15,19H,4-5,11H2,1-3H3,(H,20,22). The fourth-order valence-corrected chi connectivity index (χ4v) is 3.59. The highest BCUT2D eigenvalue weighted by Gasteiger charge is 2.18. The number of nitrogens with one attached hydrogen (secondary N) is 2. The molecular weight excluding hydrogens is 340 g/mol. The fourth-order valence-electron chi connectivity index (χ4n) is 2.46. The summed E-state index contributed by atoms with van der Waals surface area (Å²) in [6.07, 6.45) is 3.12. The van der Waals surface area contributed by atoms with E-state index < -0.39 is 10.0 Å². The molecule has 25 heavy (non-hydrogen) atoms. The molecule has 7 nitrogen and oxygen atoms in total. The zero-order valence-corrected chi connectivity index (χ0v) is 15.5. The molecule has 0 spiro atoms. The van der Waals surface area contributed by atoms with Crippen molar-refractivity contribution in [2.45, 2.75) is 37.6 Å². The first-order valence-electron chi connectivity index (χ1n) is 8.27. The van der Waals surface area contributed by atoms with Crippen LogP contribution in [0.1, 0.15) is 48.8 Å². The highest BCUT2D eigenvalue weighted by Crippen LogP contribution is 2.17. The number of benzene rings is 1. The van der Waals surface area contributed by atoms with Gasteiger partial charge < -0.3 is 5.32 Å². The quantitative estimate of drug-likeness (QED) is 0.749. The fraction of sp³-hybridized carbons (Fsp3) is 0.412. The highest BCUT2D eigenvalue weighted by atomic mass is 32.2. The summed E-state index contributed by atoms with van der Waals surface area (Å²) in [5, 5.41) is 7.07. The van der Waals surface area contributed by atoms with E-state index in [2.05, 4.69) is 15.1 Å². The molecule has 0 aliphatic heterocycles. The maximum absolute atomic E-state index is 12.4. The maximum atomic E-state index is 12.4. The Kier molecular flexibility index (Phi) is 6.33.